The molecule has 3 heterocycles. The molecular formula is C28H30N4O5. The van der Waals surface area contributed by atoms with Gasteiger partial charge in [-0.25, -0.2) is 0 Å². The van der Waals surface area contributed by atoms with Gasteiger partial charge in [-0.1, -0.05) is 78.3 Å². The molecule has 1 aliphatic heterocycles. The Kier molecular flexibility index (Phi) is 7.43. The Morgan fingerprint density at radius 3 is 2.43 bits per heavy atom. The van der Waals surface area contributed by atoms with E-state index in [9.17, 15) is 9.90 Å². The van der Waals surface area contributed by atoms with Gasteiger partial charge in [-0.2, -0.15) is 4.98 Å². The van der Waals surface area contributed by atoms with Gasteiger partial charge >= 0.3 is 5.97 Å². The van der Waals surface area contributed by atoms with Crippen LogP contribution in [0.4, 0.5) is 0 Å². The maximum absolute atomic E-state index is 11.1. The maximum atomic E-state index is 11.1. The summed E-state index contributed by atoms with van der Waals surface area (Å²) >= 11 is 0. The number of aromatic nitrogens is 3. The Bertz CT molecular complexity index is 1320. The number of likely N-dealkylation sites (tertiary alicyclic amines) is 1. The molecular weight excluding hydrogens is 472 g/mol. The van der Waals surface area contributed by atoms with Crippen LogP contribution < -0.4 is 0 Å². The van der Waals surface area contributed by atoms with Crippen LogP contribution in [0.2, 0.25) is 0 Å². The molecule has 4 aromatic rings. The van der Waals surface area contributed by atoms with Crippen LogP contribution in [-0.2, 0) is 11.2 Å². The van der Waals surface area contributed by atoms with Gasteiger partial charge in [-0.15, -0.1) is 0 Å². The standard InChI is InChI=1S/C28H30N4O5/c1-2-6-22-24(30-36-25(22)19-7-4-3-5-8-19)27-29-26(31-37-27)20-11-9-18(10-12-20)23(33)17-32-15-13-21(14-16-32)28(34)35/h3-5,7-12,21,23,33H,2,6,13-17H2,1H3,(H,34,35). The zero-order valence-corrected chi connectivity index (χ0v) is 20.7. The van der Waals surface area contributed by atoms with Crippen molar-refractivity contribution in [1.29, 1.82) is 0 Å². The van der Waals surface area contributed by atoms with Gasteiger partial charge in [0.05, 0.1) is 12.0 Å². The zero-order valence-electron chi connectivity index (χ0n) is 20.7. The second-order valence-corrected chi connectivity index (χ2v) is 9.43. The fourth-order valence-electron chi connectivity index (χ4n) is 4.78. The normalized spacial score (nSPS) is 15.6. The van der Waals surface area contributed by atoms with E-state index in [4.69, 9.17) is 14.2 Å². The molecule has 0 spiro atoms. The predicted octanol–water partition coefficient (Wildman–Crippen LogP) is 4.84. The van der Waals surface area contributed by atoms with Gasteiger partial charge in [0.25, 0.3) is 5.89 Å². The summed E-state index contributed by atoms with van der Waals surface area (Å²) < 4.78 is 11.3. The van der Waals surface area contributed by atoms with E-state index in [1.165, 1.54) is 0 Å². The van der Waals surface area contributed by atoms with Crippen LogP contribution in [0.25, 0.3) is 34.3 Å². The molecule has 1 fully saturated rings. The SMILES string of the molecule is CCCc1c(-c2nc(-c3ccc(C(O)CN4CCC(C(=O)O)CC4)cc3)no2)noc1-c1ccccc1. The van der Waals surface area contributed by atoms with Gasteiger partial charge in [0.1, 0.15) is 0 Å². The van der Waals surface area contributed by atoms with Crippen LogP contribution in [0, 0.1) is 5.92 Å². The minimum absolute atomic E-state index is 0.284. The number of hydrogen-bond donors (Lipinski definition) is 2. The lowest BCUT2D eigenvalue weighted by Gasteiger charge is -2.31. The van der Waals surface area contributed by atoms with Gasteiger partial charge in [0, 0.05) is 23.2 Å². The van der Waals surface area contributed by atoms with E-state index in [0.717, 1.165) is 35.1 Å². The molecule has 9 heteroatoms. The number of aliphatic hydroxyl groups is 1. The average Bonchev–Trinajstić information content (AvgIpc) is 3.57. The first kappa shape index (κ1) is 24.9. The molecule has 0 radical (unpaired) electrons. The van der Waals surface area contributed by atoms with Gasteiger partial charge in [-0.05, 0) is 37.9 Å². The highest BCUT2D eigenvalue weighted by Crippen LogP contribution is 2.33. The van der Waals surface area contributed by atoms with Crippen molar-refractivity contribution in [3.05, 3.63) is 65.7 Å². The number of β-amino-alcohol motifs (C(OH)–C–C–N with tert-alkyl or cyclic N) is 1. The van der Waals surface area contributed by atoms with E-state index < -0.39 is 12.1 Å². The molecule has 0 saturated carbocycles. The number of benzene rings is 2. The van der Waals surface area contributed by atoms with Crippen LogP contribution in [0.5, 0.6) is 0 Å². The molecule has 1 atom stereocenters. The summed E-state index contributed by atoms with van der Waals surface area (Å²) in [5.74, 6) is 0.425. The lowest BCUT2D eigenvalue weighted by Crippen LogP contribution is -2.38. The van der Waals surface area contributed by atoms with Crippen LogP contribution in [0.15, 0.2) is 63.6 Å². The molecule has 37 heavy (non-hydrogen) atoms. The van der Waals surface area contributed by atoms with E-state index in [-0.39, 0.29) is 5.92 Å². The molecule has 0 bridgehead atoms. The summed E-state index contributed by atoms with van der Waals surface area (Å²) in [7, 11) is 0. The molecule has 1 unspecified atom stereocenters. The number of aliphatic hydroxyl groups excluding tert-OH is 1. The molecule has 1 saturated heterocycles. The summed E-state index contributed by atoms with van der Waals surface area (Å²) in [6.45, 7) is 3.91. The van der Waals surface area contributed by atoms with Crippen molar-refractivity contribution in [2.45, 2.75) is 38.7 Å². The molecule has 0 amide bonds. The summed E-state index contributed by atoms with van der Waals surface area (Å²) in [6, 6.07) is 17.3. The lowest BCUT2D eigenvalue weighted by atomic mass is 9.96. The Morgan fingerprint density at radius 2 is 1.76 bits per heavy atom. The van der Waals surface area contributed by atoms with Crippen molar-refractivity contribution in [3.63, 3.8) is 0 Å². The second kappa shape index (κ2) is 11.1. The third-order valence-electron chi connectivity index (χ3n) is 6.87. The first-order valence-electron chi connectivity index (χ1n) is 12.6. The van der Waals surface area contributed by atoms with Gasteiger partial charge in [0.2, 0.25) is 5.82 Å². The molecule has 1 aliphatic rings. The number of piperidine rings is 1. The van der Waals surface area contributed by atoms with E-state index in [2.05, 4.69) is 27.1 Å². The predicted molar refractivity (Wildman–Crippen MR) is 136 cm³/mol. The van der Waals surface area contributed by atoms with Crippen molar-refractivity contribution in [3.8, 4) is 34.3 Å². The Labute approximate surface area is 214 Å². The maximum Gasteiger partial charge on any atom is 0.306 e. The van der Waals surface area contributed by atoms with E-state index in [1.54, 1.807) is 0 Å². The smallest absolute Gasteiger partial charge is 0.306 e. The minimum Gasteiger partial charge on any atom is -0.481 e. The minimum atomic E-state index is -0.734. The number of carbonyl (C=O) groups is 1. The average molecular weight is 503 g/mol. The molecule has 9 nitrogen and oxygen atoms in total. The van der Waals surface area contributed by atoms with Crippen LogP contribution in [-0.4, -0.2) is 56.0 Å². The first-order valence-corrected chi connectivity index (χ1v) is 12.6. The van der Waals surface area contributed by atoms with E-state index in [0.29, 0.717) is 55.6 Å². The highest BCUT2D eigenvalue weighted by Gasteiger charge is 2.26. The van der Waals surface area contributed by atoms with Gasteiger partial charge in [0.15, 0.2) is 11.5 Å². The number of hydrogen-bond acceptors (Lipinski definition) is 8. The Morgan fingerprint density at radius 1 is 1.03 bits per heavy atom. The molecule has 192 valence electrons. The number of aliphatic carboxylic acids is 1. The highest BCUT2D eigenvalue weighted by molar-refractivity contribution is 5.70. The largest absolute Gasteiger partial charge is 0.481 e. The summed E-state index contributed by atoms with van der Waals surface area (Å²) in [6.07, 6.45) is 2.23. The highest BCUT2D eigenvalue weighted by atomic mass is 16.5. The zero-order chi connectivity index (χ0) is 25.8. The summed E-state index contributed by atoms with van der Waals surface area (Å²) in [5.41, 5.74) is 3.98. The number of carboxylic acids is 1. The topological polar surface area (TPSA) is 126 Å². The Balaban J connectivity index is 1.28. The second-order valence-electron chi connectivity index (χ2n) is 9.43. The third kappa shape index (κ3) is 5.47. The van der Waals surface area contributed by atoms with Crippen LogP contribution in [0.1, 0.15) is 43.4 Å². The Hall–Kier alpha value is -3.82. The van der Waals surface area contributed by atoms with Crippen molar-refractivity contribution in [2.75, 3.05) is 19.6 Å². The van der Waals surface area contributed by atoms with Crippen LogP contribution >= 0.6 is 0 Å². The van der Waals surface area contributed by atoms with Crippen molar-refractivity contribution >= 4 is 5.97 Å². The van der Waals surface area contributed by atoms with E-state index in [1.807, 2.05) is 54.6 Å². The first-order chi connectivity index (χ1) is 18.0. The monoisotopic (exact) mass is 502 g/mol. The van der Waals surface area contributed by atoms with Crippen molar-refractivity contribution in [2.24, 2.45) is 5.92 Å². The molecule has 2 aromatic carbocycles. The van der Waals surface area contributed by atoms with Crippen molar-refractivity contribution < 1.29 is 24.1 Å². The number of carboxylic acid groups (broad SMARTS) is 1. The fourth-order valence-corrected chi connectivity index (χ4v) is 4.78. The summed E-state index contributed by atoms with van der Waals surface area (Å²) in [5, 5.41) is 28.3. The fraction of sp³-hybridized carbons (Fsp3) is 0.357. The van der Waals surface area contributed by atoms with Crippen LogP contribution in [0.3, 0.4) is 0 Å². The number of nitrogens with zero attached hydrogens (tertiary/aromatic N) is 4. The molecule has 2 N–H and O–H groups in total. The summed E-state index contributed by atoms with van der Waals surface area (Å²) in [4.78, 5) is 17.8. The quantitative estimate of drug-likeness (QED) is 0.330. The van der Waals surface area contributed by atoms with Gasteiger partial charge < -0.3 is 24.2 Å². The molecule has 0 aliphatic carbocycles. The third-order valence-corrected chi connectivity index (χ3v) is 6.87. The van der Waals surface area contributed by atoms with Gasteiger partial charge in [-0.3, -0.25) is 4.79 Å². The molecule has 2 aromatic heterocycles. The van der Waals surface area contributed by atoms with E-state index >= 15 is 0 Å². The number of rotatable bonds is 9. The molecule has 5 rings (SSSR count). The van der Waals surface area contributed by atoms with Crippen molar-refractivity contribution in [1.82, 2.24) is 20.2 Å². The lowest BCUT2D eigenvalue weighted by molar-refractivity contribution is -0.143.